The van der Waals surface area contributed by atoms with Gasteiger partial charge in [0, 0.05) is 5.92 Å². The van der Waals surface area contributed by atoms with Crippen LogP contribution in [0.25, 0.3) is 0 Å². The smallest absolute Gasteiger partial charge is 0.323 e. The van der Waals surface area contributed by atoms with E-state index in [9.17, 15) is 14.4 Å². The van der Waals surface area contributed by atoms with Gasteiger partial charge in [-0.05, 0) is 38.3 Å². The molecule has 0 aromatic rings. The van der Waals surface area contributed by atoms with Gasteiger partial charge in [-0.1, -0.05) is 12.2 Å². The summed E-state index contributed by atoms with van der Waals surface area (Å²) in [5.74, 6) is -1.51. The van der Waals surface area contributed by atoms with Gasteiger partial charge in [0.15, 0.2) is 11.2 Å². The van der Waals surface area contributed by atoms with Gasteiger partial charge >= 0.3 is 11.9 Å². The lowest BCUT2D eigenvalue weighted by molar-refractivity contribution is -0.171. The van der Waals surface area contributed by atoms with E-state index < -0.39 is 17.4 Å². The number of carbonyl (C=O) groups excluding carboxylic acids is 3. The Bertz CT molecular complexity index is 496. The Kier molecular flexibility index (Phi) is 3.79. The summed E-state index contributed by atoms with van der Waals surface area (Å²) in [7, 11) is 0. The van der Waals surface area contributed by atoms with Crippen LogP contribution in [0.3, 0.4) is 0 Å². The van der Waals surface area contributed by atoms with Gasteiger partial charge in [0.05, 0.1) is 13.2 Å². The van der Waals surface area contributed by atoms with E-state index in [1.807, 2.05) is 0 Å². The molecule has 0 unspecified atom stereocenters. The highest BCUT2D eigenvalue weighted by molar-refractivity contribution is 6.10. The second-order valence-electron chi connectivity index (χ2n) is 5.07. The number of allylic oxidation sites excluding steroid dienone is 3. The average Bonchev–Trinajstić information content (AvgIpc) is 2.89. The Morgan fingerprint density at radius 2 is 1.85 bits per heavy atom. The van der Waals surface area contributed by atoms with Crippen LogP contribution >= 0.6 is 0 Å². The lowest BCUT2D eigenvalue weighted by atomic mass is 9.83. The highest BCUT2D eigenvalue weighted by atomic mass is 16.6. The molecule has 0 aromatic heterocycles. The fourth-order valence-electron chi connectivity index (χ4n) is 2.89. The molecule has 1 atom stereocenters. The third-order valence-electron chi connectivity index (χ3n) is 3.89. The van der Waals surface area contributed by atoms with Crippen LogP contribution < -0.4 is 0 Å². The molecule has 0 aliphatic heterocycles. The molecule has 1 fully saturated rings. The van der Waals surface area contributed by atoms with E-state index in [1.54, 1.807) is 13.8 Å². The average molecular weight is 278 g/mol. The van der Waals surface area contributed by atoms with Gasteiger partial charge in [-0.2, -0.15) is 0 Å². The zero-order chi connectivity index (χ0) is 14.9. The summed E-state index contributed by atoms with van der Waals surface area (Å²) in [5.41, 5.74) is -0.108. The maximum atomic E-state index is 12.2. The molecule has 2 rings (SSSR count). The third-order valence-corrected chi connectivity index (χ3v) is 3.89. The Morgan fingerprint density at radius 1 is 1.30 bits per heavy atom. The van der Waals surface area contributed by atoms with Crippen LogP contribution in [0.4, 0.5) is 0 Å². The second kappa shape index (κ2) is 5.23. The van der Waals surface area contributed by atoms with E-state index in [0.29, 0.717) is 5.57 Å². The first-order chi connectivity index (χ1) is 9.46. The van der Waals surface area contributed by atoms with Crippen LogP contribution in [-0.4, -0.2) is 30.9 Å². The van der Waals surface area contributed by atoms with Crippen molar-refractivity contribution in [1.82, 2.24) is 0 Å². The Balaban J connectivity index is 2.34. The molecular formula is C15H18O5. The highest BCUT2D eigenvalue weighted by Gasteiger charge is 2.57. The Hall–Kier alpha value is -1.91. The van der Waals surface area contributed by atoms with E-state index in [4.69, 9.17) is 9.47 Å². The molecule has 5 nitrogen and oxygen atoms in total. The molecule has 1 saturated carbocycles. The minimum atomic E-state index is -1.33. The summed E-state index contributed by atoms with van der Waals surface area (Å²) in [4.78, 5) is 36.1. The maximum absolute atomic E-state index is 12.2. The minimum Gasteiger partial charge on any atom is -0.465 e. The van der Waals surface area contributed by atoms with Crippen molar-refractivity contribution in [2.45, 2.75) is 26.7 Å². The zero-order valence-corrected chi connectivity index (χ0v) is 11.7. The highest BCUT2D eigenvalue weighted by Crippen LogP contribution is 2.52. The van der Waals surface area contributed by atoms with Gasteiger partial charge in [0.25, 0.3) is 0 Å². The first kappa shape index (κ1) is 14.5. The molecule has 0 aromatic carbocycles. The second-order valence-corrected chi connectivity index (χ2v) is 5.07. The fraction of sp³-hybridized carbons (Fsp3) is 0.533. The zero-order valence-electron chi connectivity index (χ0n) is 11.7. The number of ketones is 1. The van der Waals surface area contributed by atoms with Crippen molar-refractivity contribution in [2.24, 2.45) is 11.3 Å². The summed E-state index contributed by atoms with van der Waals surface area (Å²) < 4.78 is 10.1. The molecule has 0 radical (unpaired) electrons. The molecular weight excluding hydrogens is 260 g/mol. The number of carbonyl (C=O) groups is 3. The van der Waals surface area contributed by atoms with Crippen molar-refractivity contribution in [3.05, 3.63) is 23.8 Å². The molecule has 0 bridgehead atoms. The Morgan fingerprint density at radius 3 is 2.30 bits per heavy atom. The van der Waals surface area contributed by atoms with Crippen molar-refractivity contribution >= 4 is 17.7 Å². The molecule has 0 saturated heterocycles. The molecule has 0 heterocycles. The number of esters is 2. The maximum Gasteiger partial charge on any atom is 0.323 e. The lowest BCUT2D eigenvalue weighted by Gasteiger charge is -2.24. The monoisotopic (exact) mass is 278 g/mol. The van der Waals surface area contributed by atoms with Gasteiger partial charge in [0.2, 0.25) is 0 Å². The number of rotatable bonds is 4. The van der Waals surface area contributed by atoms with Gasteiger partial charge in [0.1, 0.15) is 0 Å². The van der Waals surface area contributed by atoms with E-state index in [1.165, 1.54) is 6.08 Å². The van der Waals surface area contributed by atoms with Crippen LogP contribution in [0.2, 0.25) is 0 Å². The third kappa shape index (κ3) is 2.07. The summed E-state index contributed by atoms with van der Waals surface area (Å²) in [6, 6.07) is 0. The first-order valence-corrected chi connectivity index (χ1v) is 6.74. The minimum absolute atomic E-state index is 0.119. The normalized spacial score (nSPS) is 23.3. The van der Waals surface area contributed by atoms with E-state index in [2.05, 4.69) is 6.58 Å². The van der Waals surface area contributed by atoms with Gasteiger partial charge < -0.3 is 9.47 Å². The van der Waals surface area contributed by atoms with Crippen LogP contribution in [0.15, 0.2) is 23.8 Å². The van der Waals surface area contributed by atoms with Crippen LogP contribution in [0, 0.1) is 11.3 Å². The van der Waals surface area contributed by atoms with Crippen LogP contribution in [-0.2, 0) is 23.9 Å². The summed E-state index contributed by atoms with van der Waals surface area (Å²) in [6.07, 6.45) is 1.87. The van der Waals surface area contributed by atoms with Crippen LogP contribution in [0.5, 0.6) is 0 Å². The lowest BCUT2D eigenvalue weighted by Crippen LogP contribution is -2.40. The molecule has 0 N–H and O–H groups in total. The topological polar surface area (TPSA) is 69.7 Å². The van der Waals surface area contributed by atoms with Gasteiger partial charge in [-0.15, -0.1) is 0 Å². The SMILES string of the molecule is C=C1C(=O)C=C2CC(C(=O)OCC)(C(=O)OCC)C[C@H]12. The molecule has 0 spiro atoms. The number of fused-ring (bicyclic) bond motifs is 1. The summed E-state index contributed by atoms with van der Waals surface area (Å²) in [6.45, 7) is 7.52. The van der Waals surface area contributed by atoms with Crippen LogP contribution in [0.1, 0.15) is 26.7 Å². The van der Waals surface area contributed by atoms with Gasteiger partial charge in [-0.3, -0.25) is 14.4 Å². The van der Waals surface area contributed by atoms with Crippen molar-refractivity contribution in [3.63, 3.8) is 0 Å². The summed E-state index contributed by atoms with van der Waals surface area (Å²) in [5, 5.41) is 0. The van der Waals surface area contributed by atoms with Crippen molar-refractivity contribution < 1.29 is 23.9 Å². The molecule has 108 valence electrons. The van der Waals surface area contributed by atoms with Gasteiger partial charge in [-0.25, -0.2) is 0 Å². The van der Waals surface area contributed by atoms with Crippen molar-refractivity contribution in [1.29, 1.82) is 0 Å². The van der Waals surface area contributed by atoms with E-state index in [-0.39, 0.29) is 37.8 Å². The van der Waals surface area contributed by atoms with Crippen molar-refractivity contribution in [3.8, 4) is 0 Å². The van der Waals surface area contributed by atoms with E-state index >= 15 is 0 Å². The van der Waals surface area contributed by atoms with E-state index in [0.717, 1.165) is 5.57 Å². The number of hydrogen-bond acceptors (Lipinski definition) is 5. The van der Waals surface area contributed by atoms with Crippen molar-refractivity contribution in [2.75, 3.05) is 13.2 Å². The molecule has 0 amide bonds. The fourth-order valence-corrected chi connectivity index (χ4v) is 2.89. The summed E-state index contributed by atoms with van der Waals surface area (Å²) >= 11 is 0. The quantitative estimate of drug-likeness (QED) is 0.443. The number of hydrogen-bond donors (Lipinski definition) is 0. The Labute approximate surface area is 117 Å². The molecule has 20 heavy (non-hydrogen) atoms. The predicted molar refractivity (Wildman–Crippen MR) is 70.7 cm³/mol. The largest absolute Gasteiger partial charge is 0.465 e. The molecule has 2 aliphatic rings. The molecule has 2 aliphatic carbocycles. The molecule has 5 heteroatoms. The predicted octanol–water partition coefficient (Wildman–Crippen LogP) is 1.57. The standard InChI is InChI=1S/C15H18O5/c1-4-19-13(17)15(14(18)20-5-2)7-10-6-12(16)9(3)11(10)8-15/h6,11H,3-5,7-8H2,1-2H3/t11-/m1/s1. The number of ether oxygens (including phenoxy) is 2. The first-order valence-electron chi connectivity index (χ1n) is 6.74.